The third-order valence-corrected chi connectivity index (χ3v) is 4.02. The minimum atomic E-state index is 0.00533. The predicted octanol–water partition coefficient (Wildman–Crippen LogP) is 1.51. The van der Waals surface area contributed by atoms with Gasteiger partial charge in [-0.15, -0.1) is 0 Å². The molecule has 1 aromatic carbocycles. The molecule has 0 spiro atoms. The first kappa shape index (κ1) is 14.7. The van der Waals surface area contributed by atoms with Crippen molar-refractivity contribution in [3.8, 4) is 11.5 Å². The summed E-state index contributed by atoms with van der Waals surface area (Å²) >= 11 is 0. The van der Waals surface area contributed by atoms with Crippen molar-refractivity contribution < 1.29 is 14.3 Å². The van der Waals surface area contributed by atoms with E-state index in [1.54, 1.807) is 32.4 Å². The molecule has 1 amide bonds. The number of nitrogens with zero attached hydrogens (tertiary/aromatic N) is 1. The second kappa shape index (κ2) is 6.13. The molecule has 0 aliphatic carbocycles. The average molecular weight is 278 g/mol. The van der Waals surface area contributed by atoms with Crippen LogP contribution in [0.15, 0.2) is 18.2 Å². The van der Waals surface area contributed by atoms with Gasteiger partial charge in [0.15, 0.2) is 11.5 Å². The first-order chi connectivity index (χ1) is 9.62. The Hall–Kier alpha value is -1.75. The van der Waals surface area contributed by atoms with E-state index in [0.717, 1.165) is 13.0 Å². The number of amides is 1. The number of hydrogen-bond donors (Lipinski definition) is 1. The van der Waals surface area contributed by atoms with E-state index in [4.69, 9.17) is 15.2 Å². The topological polar surface area (TPSA) is 64.8 Å². The van der Waals surface area contributed by atoms with Crippen LogP contribution in [0.5, 0.6) is 11.5 Å². The zero-order chi connectivity index (χ0) is 14.7. The first-order valence-corrected chi connectivity index (χ1v) is 6.85. The second-order valence-electron chi connectivity index (χ2n) is 5.14. The minimum Gasteiger partial charge on any atom is -0.493 e. The molecule has 5 nitrogen and oxygen atoms in total. The van der Waals surface area contributed by atoms with Crippen LogP contribution in [-0.2, 0) is 0 Å². The van der Waals surface area contributed by atoms with Crippen LogP contribution in [0.2, 0.25) is 0 Å². The van der Waals surface area contributed by atoms with Gasteiger partial charge in [-0.05, 0) is 30.5 Å². The lowest BCUT2D eigenvalue weighted by Crippen LogP contribution is -2.42. The molecule has 0 aromatic heterocycles. The van der Waals surface area contributed by atoms with Crippen molar-refractivity contribution in [2.24, 2.45) is 11.7 Å². The summed E-state index contributed by atoms with van der Waals surface area (Å²) in [6, 6.07) is 5.36. The van der Waals surface area contributed by atoms with Crippen molar-refractivity contribution >= 4 is 5.91 Å². The van der Waals surface area contributed by atoms with E-state index in [1.165, 1.54) is 0 Å². The molecule has 0 radical (unpaired) electrons. The van der Waals surface area contributed by atoms with Crippen LogP contribution in [-0.4, -0.2) is 44.2 Å². The molecular weight excluding hydrogens is 256 g/mol. The largest absolute Gasteiger partial charge is 0.493 e. The molecule has 1 aliphatic rings. The Morgan fingerprint density at radius 2 is 2.05 bits per heavy atom. The van der Waals surface area contributed by atoms with Gasteiger partial charge in [0.25, 0.3) is 5.91 Å². The third-order valence-electron chi connectivity index (χ3n) is 4.02. The maximum Gasteiger partial charge on any atom is 0.254 e. The lowest BCUT2D eigenvalue weighted by molar-refractivity contribution is 0.0727. The Balaban J connectivity index is 2.25. The summed E-state index contributed by atoms with van der Waals surface area (Å²) in [5, 5.41) is 0. The van der Waals surface area contributed by atoms with E-state index in [9.17, 15) is 4.79 Å². The van der Waals surface area contributed by atoms with E-state index in [2.05, 4.69) is 6.92 Å². The van der Waals surface area contributed by atoms with Gasteiger partial charge in [-0.1, -0.05) is 6.92 Å². The minimum absolute atomic E-state index is 0.00533. The zero-order valence-corrected chi connectivity index (χ0v) is 12.3. The van der Waals surface area contributed by atoms with Crippen LogP contribution in [0.1, 0.15) is 23.7 Å². The zero-order valence-electron chi connectivity index (χ0n) is 12.3. The summed E-state index contributed by atoms with van der Waals surface area (Å²) in [6.07, 6.45) is 1.00. The molecule has 1 fully saturated rings. The molecule has 110 valence electrons. The van der Waals surface area contributed by atoms with Gasteiger partial charge >= 0.3 is 0 Å². The van der Waals surface area contributed by atoms with Crippen LogP contribution >= 0.6 is 0 Å². The molecule has 1 aliphatic heterocycles. The molecule has 2 unspecified atom stereocenters. The number of likely N-dealkylation sites (tertiary alicyclic amines) is 1. The van der Waals surface area contributed by atoms with E-state index >= 15 is 0 Å². The standard InChI is InChI=1S/C15H22N2O3/c1-10-6-7-17(12(10)9-16)15(18)11-4-5-13(19-2)14(8-11)20-3/h4-5,8,10,12H,6-7,9,16H2,1-3H3. The summed E-state index contributed by atoms with van der Waals surface area (Å²) in [5.41, 5.74) is 6.40. The molecule has 1 saturated heterocycles. The molecule has 1 heterocycles. The lowest BCUT2D eigenvalue weighted by Gasteiger charge is -2.26. The summed E-state index contributed by atoms with van der Waals surface area (Å²) in [7, 11) is 3.14. The quantitative estimate of drug-likeness (QED) is 0.906. The number of carbonyl (C=O) groups excluding carboxylic acids is 1. The number of rotatable bonds is 4. The van der Waals surface area contributed by atoms with E-state index in [-0.39, 0.29) is 11.9 Å². The molecule has 20 heavy (non-hydrogen) atoms. The highest BCUT2D eigenvalue weighted by Gasteiger charge is 2.33. The third kappa shape index (κ3) is 2.58. The SMILES string of the molecule is COc1ccc(C(=O)N2CCC(C)C2CN)cc1OC. The highest BCUT2D eigenvalue weighted by molar-refractivity contribution is 5.95. The van der Waals surface area contributed by atoms with Crippen molar-refractivity contribution in [3.63, 3.8) is 0 Å². The fourth-order valence-electron chi connectivity index (χ4n) is 2.75. The highest BCUT2D eigenvalue weighted by atomic mass is 16.5. The van der Waals surface area contributed by atoms with Crippen molar-refractivity contribution in [2.75, 3.05) is 27.3 Å². The molecular formula is C15H22N2O3. The average Bonchev–Trinajstić information content (AvgIpc) is 2.86. The van der Waals surface area contributed by atoms with Crippen molar-refractivity contribution in [1.29, 1.82) is 0 Å². The number of ether oxygens (including phenoxy) is 2. The van der Waals surface area contributed by atoms with Gasteiger partial charge in [0.2, 0.25) is 0 Å². The summed E-state index contributed by atoms with van der Waals surface area (Å²) in [6.45, 7) is 3.40. The molecule has 1 aromatic rings. The number of nitrogens with two attached hydrogens (primary N) is 1. The molecule has 5 heteroatoms. The molecule has 0 saturated carbocycles. The fraction of sp³-hybridized carbons (Fsp3) is 0.533. The highest BCUT2D eigenvalue weighted by Crippen LogP contribution is 2.30. The Kier molecular flexibility index (Phi) is 4.49. The molecule has 2 rings (SSSR count). The molecule has 2 atom stereocenters. The van der Waals surface area contributed by atoms with E-state index < -0.39 is 0 Å². The molecule has 0 bridgehead atoms. The van der Waals surface area contributed by atoms with Crippen LogP contribution in [0.4, 0.5) is 0 Å². The summed E-state index contributed by atoms with van der Waals surface area (Å²) in [5.74, 6) is 1.64. The Morgan fingerprint density at radius 3 is 2.65 bits per heavy atom. The number of benzene rings is 1. The second-order valence-corrected chi connectivity index (χ2v) is 5.14. The van der Waals surface area contributed by atoms with E-state index in [1.807, 2.05) is 4.90 Å². The Morgan fingerprint density at radius 1 is 1.35 bits per heavy atom. The van der Waals surface area contributed by atoms with E-state index in [0.29, 0.717) is 29.5 Å². The Labute approximate surface area is 119 Å². The van der Waals surface area contributed by atoms with Crippen molar-refractivity contribution in [2.45, 2.75) is 19.4 Å². The maximum absolute atomic E-state index is 12.6. The van der Waals surface area contributed by atoms with Crippen LogP contribution < -0.4 is 15.2 Å². The normalized spacial score (nSPS) is 21.9. The smallest absolute Gasteiger partial charge is 0.254 e. The maximum atomic E-state index is 12.6. The van der Waals surface area contributed by atoms with Crippen molar-refractivity contribution in [3.05, 3.63) is 23.8 Å². The van der Waals surface area contributed by atoms with Gasteiger partial charge in [0.1, 0.15) is 0 Å². The van der Waals surface area contributed by atoms with Crippen LogP contribution in [0, 0.1) is 5.92 Å². The predicted molar refractivity (Wildman–Crippen MR) is 77.2 cm³/mol. The number of hydrogen-bond acceptors (Lipinski definition) is 4. The van der Waals surface area contributed by atoms with Gasteiger partial charge in [0, 0.05) is 24.7 Å². The molecule has 2 N–H and O–H groups in total. The van der Waals surface area contributed by atoms with Gasteiger partial charge in [-0.25, -0.2) is 0 Å². The van der Waals surface area contributed by atoms with Gasteiger partial charge in [-0.2, -0.15) is 0 Å². The van der Waals surface area contributed by atoms with Gasteiger partial charge in [-0.3, -0.25) is 4.79 Å². The van der Waals surface area contributed by atoms with Gasteiger partial charge in [0.05, 0.1) is 14.2 Å². The fourth-order valence-corrected chi connectivity index (χ4v) is 2.75. The Bertz CT molecular complexity index is 490. The monoisotopic (exact) mass is 278 g/mol. The summed E-state index contributed by atoms with van der Waals surface area (Å²) < 4.78 is 10.4. The van der Waals surface area contributed by atoms with Crippen LogP contribution in [0.25, 0.3) is 0 Å². The number of carbonyl (C=O) groups is 1. The van der Waals surface area contributed by atoms with Gasteiger partial charge < -0.3 is 20.1 Å². The van der Waals surface area contributed by atoms with Crippen molar-refractivity contribution in [1.82, 2.24) is 4.90 Å². The first-order valence-electron chi connectivity index (χ1n) is 6.85. The number of methoxy groups -OCH3 is 2. The van der Waals surface area contributed by atoms with Crippen LogP contribution in [0.3, 0.4) is 0 Å². The summed E-state index contributed by atoms with van der Waals surface area (Å²) in [4.78, 5) is 14.5. The lowest BCUT2D eigenvalue weighted by atomic mass is 10.0.